The Bertz CT molecular complexity index is 1000. The van der Waals surface area contributed by atoms with E-state index in [1.165, 1.54) is 63.0 Å². The summed E-state index contributed by atoms with van der Waals surface area (Å²) in [4.78, 5) is 29.3. The molecule has 0 atom stereocenters. The van der Waals surface area contributed by atoms with Gasteiger partial charge in [0.1, 0.15) is 0 Å². The highest BCUT2D eigenvalue weighted by Crippen LogP contribution is 2.61. The van der Waals surface area contributed by atoms with Gasteiger partial charge in [0.25, 0.3) is 0 Å². The minimum Gasteiger partial charge on any atom is -0.494 e. The predicted octanol–water partition coefficient (Wildman–Crippen LogP) is 4.62. The zero-order valence-corrected chi connectivity index (χ0v) is 19.0. The Labute approximate surface area is 191 Å². The molecule has 6 nitrogen and oxygen atoms in total. The lowest BCUT2D eigenvalue weighted by Gasteiger charge is -2.56. The van der Waals surface area contributed by atoms with Gasteiger partial charge < -0.3 is 15.4 Å². The zero-order chi connectivity index (χ0) is 22.3. The van der Waals surface area contributed by atoms with Gasteiger partial charge in [-0.15, -0.1) is 11.3 Å². The van der Waals surface area contributed by atoms with E-state index in [0.29, 0.717) is 22.8 Å². The second-order valence-electron chi connectivity index (χ2n) is 9.81. The number of carbonyl (C=O) groups is 2. The summed E-state index contributed by atoms with van der Waals surface area (Å²) in [6, 6.07) is 4.61. The molecule has 8 heteroatoms. The lowest BCUT2D eigenvalue weighted by molar-refractivity contribution is -0.131. The maximum absolute atomic E-state index is 13.9. The lowest BCUT2D eigenvalue weighted by Crippen LogP contribution is -2.48. The number of nitrogens with zero attached hydrogens (tertiary/aromatic N) is 1. The molecule has 2 N–H and O–H groups in total. The molecule has 1 heterocycles. The summed E-state index contributed by atoms with van der Waals surface area (Å²) in [5.74, 6) is 1.76. The number of hydrogen-bond acceptors (Lipinski definition) is 5. The molecule has 0 spiro atoms. The van der Waals surface area contributed by atoms with Crippen LogP contribution in [0, 0.1) is 29.0 Å². The summed E-state index contributed by atoms with van der Waals surface area (Å²) in [5.41, 5.74) is 1.33. The summed E-state index contributed by atoms with van der Waals surface area (Å²) < 4.78 is 18.9. The molecule has 2 aromatic rings. The van der Waals surface area contributed by atoms with Crippen LogP contribution in [-0.2, 0) is 9.59 Å². The molecule has 4 fully saturated rings. The third kappa shape index (κ3) is 4.37. The van der Waals surface area contributed by atoms with Crippen LogP contribution >= 0.6 is 11.3 Å². The zero-order valence-electron chi connectivity index (χ0n) is 18.2. The molecule has 0 aliphatic heterocycles. The van der Waals surface area contributed by atoms with Crippen molar-refractivity contribution in [1.82, 2.24) is 10.3 Å². The molecule has 4 bridgehead atoms. The van der Waals surface area contributed by atoms with Crippen molar-refractivity contribution in [2.45, 2.75) is 44.9 Å². The van der Waals surface area contributed by atoms with E-state index in [-0.39, 0.29) is 29.5 Å². The highest BCUT2D eigenvalue weighted by atomic mass is 32.1. The molecule has 0 saturated heterocycles. The number of hydrogen-bond donors (Lipinski definition) is 2. The van der Waals surface area contributed by atoms with Crippen LogP contribution in [0.2, 0.25) is 0 Å². The number of ether oxygens (including phenoxy) is 1. The van der Waals surface area contributed by atoms with E-state index in [9.17, 15) is 14.0 Å². The van der Waals surface area contributed by atoms with E-state index in [0.717, 1.165) is 17.8 Å². The molecule has 2 amide bonds. The number of anilines is 1. The minimum atomic E-state index is -0.467. The van der Waals surface area contributed by atoms with Crippen molar-refractivity contribution in [2.24, 2.45) is 23.2 Å². The van der Waals surface area contributed by atoms with Crippen LogP contribution in [0.1, 0.15) is 44.9 Å². The standard InChI is InChI=1S/C24H28FN3O3S/c1-31-20-3-2-17(7-18(20)25)19-13-32-23(27-19)28-22(30)12-26-21(29)11-24-8-14-4-15(9-24)6-16(5-14)10-24/h2-3,7,13-16H,4-6,8-12H2,1H3,(H,26,29)(H,27,28,30). The Hall–Kier alpha value is -2.48. The molecule has 32 heavy (non-hydrogen) atoms. The van der Waals surface area contributed by atoms with Gasteiger partial charge in [-0.3, -0.25) is 9.59 Å². The van der Waals surface area contributed by atoms with E-state index < -0.39 is 5.82 Å². The molecule has 6 rings (SSSR count). The van der Waals surface area contributed by atoms with E-state index in [1.807, 2.05) is 0 Å². The first kappa shape index (κ1) is 21.4. The van der Waals surface area contributed by atoms with Gasteiger partial charge in [-0.1, -0.05) is 0 Å². The lowest BCUT2D eigenvalue weighted by atomic mass is 9.49. The normalized spacial score (nSPS) is 27.9. The van der Waals surface area contributed by atoms with Crippen LogP contribution in [0.5, 0.6) is 5.75 Å². The first-order valence-corrected chi connectivity index (χ1v) is 12.2. The van der Waals surface area contributed by atoms with Gasteiger partial charge in [-0.05, 0) is 79.9 Å². The van der Waals surface area contributed by atoms with Crippen molar-refractivity contribution >= 4 is 28.3 Å². The predicted molar refractivity (Wildman–Crippen MR) is 121 cm³/mol. The van der Waals surface area contributed by atoms with Crippen LogP contribution < -0.4 is 15.4 Å². The SMILES string of the molecule is COc1ccc(-c2csc(NC(=O)CNC(=O)CC34CC5CC(CC(C5)C3)C4)n2)cc1F. The number of methoxy groups -OCH3 is 1. The van der Waals surface area contributed by atoms with Crippen LogP contribution in [0.15, 0.2) is 23.6 Å². The maximum Gasteiger partial charge on any atom is 0.245 e. The molecular formula is C24H28FN3O3S. The van der Waals surface area contributed by atoms with Gasteiger partial charge in [0, 0.05) is 17.4 Å². The fourth-order valence-electron chi connectivity index (χ4n) is 6.54. The quantitative estimate of drug-likeness (QED) is 0.636. The van der Waals surface area contributed by atoms with Gasteiger partial charge in [0.15, 0.2) is 16.7 Å². The van der Waals surface area contributed by atoms with Gasteiger partial charge in [-0.2, -0.15) is 0 Å². The van der Waals surface area contributed by atoms with Crippen molar-refractivity contribution in [1.29, 1.82) is 0 Å². The van der Waals surface area contributed by atoms with Crippen molar-refractivity contribution in [3.05, 3.63) is 29.4 Å². The molecule has 170 valence electrons. The number of carbonyl (C=O) groups excluding carboxylic acids is 2. The number of aromatic nitrogens is 1. The highest BCUT2D eigenvalue weighted by Gasteiger charge is 2.51. The molecule has 0 unspecified atom stereocenters. The Morgan fingerprint density at radius 2 is 1.84 bits per heavy atom. The molecule has 1 aromatic heterocycles. The molecular weight excluding hydrogens is 429 g/mol. The number of nitrogens with one attached hydrogen (secondary N) is 2. The first-order chi connectivity index (χ1) is 15.4. The van der Waals surface area contributed by atoms with Crippen LogP contribution in [0.4, 0.5) is 9.52 Å². The second kappa shape index (κ2) is 8.46. The average molecular weight is 458 g/mol. The number of thiazole rings is 1. The van der Waals surface area contributed by atoms with Crippen LogP contribution in [-0.4, -0.2) is 30.5 Å². The molecule has 4 aliphatic rings. The summed E-state index contributed by atoms with van der Waals surface area (Å²) in [7, 11) is 1.41. The van der Waals surface area contributed by atoms with Crippen molar-refractivity contribution in [3.8, 4) is 17.0 Å². The van der Waals surface area contributed by atoms with Gasteiger partial charge >= 0.3 is 0 Å². The monoisotopic (exact) mass is 457 g/mol. The Morgan fingerprint density at radius 3 is 2.47 bits per heavy atom. The maximum atomic E-state index is 13.9. The fourth-order valence-corrected chi connectivity index (χ4v) is 7.28. The Balaban J connectivity index is 1.12. The third-order valence-corrected chi connectivity index (χ3v) is 8.10. The summed E-state index contributed by atoms with van der Waals surface area (Å²) in [5, 5.41) is 7.68. The summed E-state index contributed by atoms with van der Waals surface area (Å²) >= 11 is 1.26. The van der Waals surface area contributed by atoms with Crippen LogP contribution in [0.25, 0.3) is 11.3 Å². The molecule has 4 saturated carbocycles. The van der Waals surface area contributed by atoms with Crippen LogP contribution in [0.3, 0.4) is 0 Å². The Morgan fingerprint density at radius 1 is 1.16 bits per heavy atom. The number of amides is 2. The average Bonchev–Trinajstić information content (AvgIpc) is 3.19. The van der Waals surface area contributed by atoms with Crippen molar-refractivity contribution in [3.63, 3.8) is 0 Å². The van der Waals surface area contributed by atoms with E-state index in [4.69, 9.17) is 4.74 Å². The number of rotatable bonds is 7. The number of benzene rings is 1. The van der Waals surface area contributed by atoms with Gasteiger partial charge in [-0.25, -0.2) is 9.37 Å². The summed E-state index contributed by atoms with van der Waals surface area (Å²) in [6.07, 6.45) is 8.10. The first-order valence-electron chi connectivity index (χ1n) is 11.3. The minimum absolute atomic E-state index is 0.0318. The highest BCUT2D eigenvalue weighted by molar-refractivity contribution is 7.14. The number of halogens is 1. The van der Waals surface area contributed by atoms with Gasteiger partial charge in [0.2, 0.25) is 11.8 Å². The fraction of sp³-hybridized carbons (Fsp3) is 0.542. The largest absolute Gasteiger partial charge is 0.494 e. The molecule has 4 aliphatic carbocycles. The molecule has 0 radical (unpaired) electrons. The summed E-state index contributed by atoms with van der Waals surface area (Å²) in [6.45, 7) is -0.0721. The second-order valence-corrected chi connectivity index (χ2v) is 10.7. The van der Waals surface area contributed by atoms with E-state index in [1.54, 1.807) is 17.5 Å². The smallest absolute Gasteiger partial charge is 0.245 e. The van der Waals surface area contributed by atoms with Crippen molar-refractivity contribution in [2.75, 3.05) is 19.0 Å². The third-order valence-electron chi connectivity index (χ3n) is 7.34. The van der Waals surface area contributed by atoms with Crippen molar-refractivity contribution < 1.29 is 18.7 Å². The van der Waals surface area contributed by atoms with E-state index in [2.05, 4.69) is 15.6 Å². The topological polar surface area (TPSA) is 80.3 Å². The molecule has 1 aromatic carbocycles. The van der Waals surface area contributed by atoms with Gasteiger partial charge in [0.05, 0.1) is 19.3 Å². The van der Waals surface area contributed by atoms with E-state index >= 15 is 0 Å². The Kier molecular flexibility index (Phi) is 5.65.